The molecule has 0 aromatic carbocycles. The zero-order chi connectivity index (χ0) is 19.5. The van der Waals surface area contributed by atoms with Crippen molar-refractivity contribution in [3.05, 3.63) is 12.2 Å². The lowest BCUT2D eigenvalue weighted by molar-refractivity contribution is -0.161. The lowest BCUT2D eigenvalue weighted by Gasteiger charge is -2.36. The zero-order valence-electron chi connectivity index (χ0n) is 15.9. The number of nitrogens with zero attached hydrogens (tertiary/aromatic N) is 3. The fourth-order valence-corrected chi connectivity index (χ4v) is 2.76. The standard InChI is InChI=1S/C17H28N4O4/c1-10(2)14(17(25)19(5)6)18-16(24)15(11(3)4)20(7)21-12(22)8-9-13(21)23/h8-11,14-15H,1-7H3,(H,18,24)/t14-,15-/m0/s1. The fourth-order valence-electron chi connectivity index (χ4n) is 2.76. The SMILES string of the molecule is CC(C)[C@H](NC(=O)[C@H](C(C)C)N(C)N1C(=O)C=CC1=O)C(=O)N(C)C. The Hall–Kier alpha value is -2.22. The number of carbonyl (C=O) groups is 4. The van der Waals surface area contributed by atoms with Crippen molar-refractivity contribution in [2.45, 2.75) is 39.8 Å². The van der Waals surface area contributed by atoms with E-state index in [1.807, 2.05) is 27.7 Å². The van der Waals surface area contributed by atoms with Gasteiger partial charge in [-0.05, 0) is 11.8 Å². The summed E-state index contributed by atoms with van der Waals surface area (Å²) in [5.74, 6) is -1.88. The number of hydrazine groups is 1. The number of hydrogen-bond donors (Lipinski definition) is 1. The van der Waals surface area contributed by atoms with Crippen LogP contribution in [0.2, 0.25) is 0 Å². The Kier molecular flexibility index (Phi) is 6.87. The largest absolute Gasteiger partial charge is 0.347 e. The number of nitrogens with one attached hydrogen (secondary N) is 1. The van der Waals surface area contributed by atoms with E-state index >= 15 is 0 Å². The van der Waals surface area contributed by atoms with Crippen molar-refractivity contribution in [2.75, 3.05) is 21.1 Å². The molecule has 0 spiro atoms. The first-order valence-electron chi connectivity index (χ1n) is 8.29. The molecule has 25 heavy (non-hydrogen) atoms. The van der Waals surface area contributed by atoms with E-state index in [1.54, 1.807) is 14.1 Å². The van der Waals surface area contributed by atoms with E-state index in [0.29, 0.717) is 0 Å². The monoisotopic (exact) mass is 352 g/mol. The summed E-state index contributed by atoms with van der Waals surface area (Å²) >= 11 is 0. The minimum absolute atomic E-state index is 0.103. The van der Waals surface area contributed by atoms with E-state index in [4.69, 9.17) is 0 Å². The van der Waals surface area contributed by atoms with Crippen molar-refractivity contribution >= 4 is 23.6 Å². The van der Waals surface area contributed by atoms with Crippen LogP contribution in [0.25, 0.3) is 0 Å². The van der Waals surface area contributed by atoms with Gasteiger partial charge in [0.1, 0.15) is 12.1 Å². The molecule has 0 saturated carbocycles. The van der Waals surface area contributed by atoms with E-state index in [0.717, 1.165) is 5.01 Å². The molecular formula is C17H28N4O4. The molecule has 1 aliphatic heterocycles. The lowest BCUT2D eigenvalue weighted by Crippen LogP contribution is -2.60. The van der Waals surface area contributed by atoms with Crippen LogP contribution < -0.4 is 5.32 Å². The first-order chi connectivity index (χ1) is 11.5. The Morgan fingerprint density at radius 2 is 1.44 bits per heavy atom. The van der Waals surface area contributed by atoms with Crippen LogP contribution in [0.3, 0.4) is 0 Å². The number of likely N-dealkylation sites (N-methyl/N-ethyl adjacent to an activating group) is 2. The van der Waals surface area contributed by atoms with Crippen LogP contribution in [0.15, 0.2) is 12.2 Å². The van der Waals surface area contributed by atoms with Crippen LogP contribution in [0.4, 0.5) is 0 Å². The summed E-state index contributed by atoms with van der Waals surface area (Å²) in [4.78, 5) is 50.4. The first kappa shape index (κ1) is 20.8. The second-order valence-corrected chi connectivity index (χ2v) is 7.05. The average molecular weight is 352 g/mol. The normalized spacial score (nSPS) is 16.8. The van der Waals surface area contributed by atoms with Crippen LogP contribution in [-0.2, 0) is 19.2 Å². The fraction of sp³-hybridized carbons (Fsp3) is 0.647. The Morgan fingerprint density at radius 3 is 1.80 bits per heavy atom. The maximum atomic E-state index is 12.8. The third-order valence-corrected chi connectivity index (χ3v) is 4.08. The third kappa shape index (κ3) is 4.66. The smallest absolute Gasteiger partial charge is 0.268 e. The van der Waals surface area contributed by atoms with E-state index in [1.165, 1.54) is 29.1 Å². The number of imide groups is 1. The van der Waals surface area contributed by atoms with Crippen molar-refractivity contribution in [3.63, 3.8) is 0 Å². The third-order valence-electron chi connectivity index (χ3n) is 4.08. The van der Waals surface area contributed by atoms with Gasteiger partial charge in [-0.3, -0.25) is 19.2 Å². The molecule has 0 fully saturated rings. The second-order valence-electron chi connectivity index (χ2n) is 7.05. The van der Waals surface area contributed by atoms with Crippen LogP contribution in [-0.4, -0.2) is 71.8 Å². The van der Waals surface area contributed by atoms with Gasteiger partial charge in [0, 0.05) is 33.3 Å². The lowest BCUT2D eigenvalue weighted by atomic mass is 9.99. The number of amides is 4. The van der Waals surface area contributed by atoms with Crippen molar-refractivity contribution in [1.29, 1.82) is 0 Å². The van der Waals surface area contributed by atoms with Crippen LogP contribution >= 0.6 is 0 Å². The van der Waals surface area contributed by atoms with Crippen LogP contribution in [0.5, 0.6) is 0 Å². The van der Waals surface area contributed by atoms with Gasteiger partial charge in [0.05, 0.1) is 0 Å². The molecule has 0 unspecified atom stereocenters. The molecule has 1 heterocycles. The highest BCUT2D eigenvalue weighted by molar-refractivity contribution is 6.12. The molecule has 1 N–H and O–H groups in total. The number of carbonyl (C=O) groups excluding carboxylic acids is 4. The predicted molar refractivity (Wildman–Crippen MR) is 92.8 cm³/mol. The molecule has 0 radical (unpaired) electrons. The Balaban J connectivity index is 3.01. The first-order valence-corrected chi connectivity index (χ1v) is 8.29. The summed E-state index contributed by atoms with van der Waals surface area (Å²) in [7, 11) is 4.78. The van der Waals surface area contributed by atoms with E-state index in [2.05, 4.69) is 5.32 Å². The molecule has 0 bridgehead atoms. The Labute approximate surface area is 148 Å². The molecule has 1 rings (SSSR count). The molecule has 1 aliphatic rings. The molecule has 0 aliphatic carbocycles. The second kappa shape index (κ2) is 8.24. The molecule has 4 amide bonds. The summed E-state index contributed by atoms with van der Waals surface area (Å²) < 4.78 is 0. The number of rotatable bonds is 7. The number of hydrogen-bond acceptors (Lipinski definition) is 5. The Bertz CT molecular complexity index is 565. The molecule has 0 saturated heterocycles. The van der Waals surface area contributed by atoms with Gasteiger partial charge in [0.15, 0.2) is 0 Å². The minimum Gasteiger partial charge on any atom is -0.347 e. The molecule has 0 aromatic rings. The minimum atomic E-state index is -0.774. The molecule has 8 heteroatoms. The Morgan fingerprint density at radius 1 is 0.960 bits per heavy atom. The van der Waals surface area contributed by atoms with E-state index < -0.39 is 29.8 Å². The molecule has 0 aromatic heterocycles. The topological polar surface area (TPSA) is 90.0 Å². The summed E-state index contributed by atoms with van der Waals surface area (Å²) in [6.45, 7) is 7.32. The van der Waals surface area contributed by atoms with Crippen LogP contribution in [0, 0.1) is 11.8 Å². The summed E-state index contributed by atoms with van der Waals surface area (Å²) in [5.41, 5.74) is 0. The van der Waals surface area contributed by atoms with Crippen LogP contribution in [0.1, 0.15) is 27.7 Å². The summed E-state index contributed by atoms with van der Waals surface area (Å²) in [5, 5.41) is 5.04. The zero-order valence-corrected chi connectivity index (χ0v) is 15.9. The quantitative estimate of drug-likeness (QED) is 0.652. The van der Waals surface area contributed by atoms with Gasteiger partial charge in [-0.25, -0.2) is 10.0 Å². The summed E-state index contributed by atoms with van der Waals surface area (Å²) in [6.07, 6.45) is 2.33. The molecule has 2 atom stereocenters. The molecule has 140 valence electrons. The van der Waals surface area contributed by atoms with Gasteiger partial charge in [-0.2, -0.15) is 0 Å². The summed E-state index contributed by atoms with van der Waals surface area (Å²) in [6, 6.07) is -1.45. The van der Waals surface area contributed by atoms with Crippen molar-refractivity contribution in [1.82, 2.24) is 20.2 Å². The molecular weight excluding hydrogens is 324 g/mol. The molecule has 8 nitrogen and oxygen atoms in total. The van der Waals surface area contributed by atoms with Gasteiger partial charge in [0.2, 0.25) is 11.8 Å². The van der Waals surface area contributed by atoms with Gasteiger partial charge in [0.25, 0.3) is 11.8 Å². The highest BCUT2D eigenvalue weighted by Crippen LogP contribution is 2.17. The maximum Gasteiger partial charge on any atom is 0.268 e. The highest BCUT2D eigenvalue weighted by Gasteiger charge is 2.38. The van der Waals surface area contributed by atoms with E-state index in [9.17, 15) is 19.2 Å². The van der Waals surface area contributed by atoms with Crippen molar-refractivity contribution in [3.8, 4) is 0 Å². The average Bonchev–Trinajstić information content (AvgIpc) is 2.82. The van der Waals surface area contributed by atoms with E-state index in [-0.39, 0.29) is 17.7 Å². The van der Waals surface area contributed by atoms with Crippen molar-refractivity contribution in [2.24, 2.45) is 11.8 Å². The van der Waals surface area contributed by atoms with Gasteiger partial charge < -0.3 is 10.2 Å². The predicted octanol–water partition coefficient (Wildman–Crippen LogP) is 0.0118. The van der Waals surface area contributed by atoms with Gasteiger partial charge in [-0.15, -0.1) is 0 Å². The van der Waals surface area contributed by atoms with Gasteiger partial charge in [-0.1, -0.05) is 27.7 Å². The van der Waals surface area contributed by atoms with Crippen molar-refractivity contribution < 1.29 is 19.2 Å². The highest BCUT2D eigenvalue weighted by atomic mass is 16.2. The van der Waals surface area contributed by atoms with Gasteiger partial charge >= 0.3 is 0 Å². The maximum absolute atomic E-state index is 12.8.